The number of hydrogen-bond acceptors (Lipinski definition) is 1. The third-order valence-corrected chi connectivity index (χ3v) is 0.941. The standard InChI is InChI=1S/C5H12N/c1-3-5(2)4-6/h3,5H,4,6H2,1-2H3/t5-/m1/s1. The van der Waals surface area contributed by atoms with Gasteiger partial charge in [0.2, 0.25) is 0 Å². The molecule has 0 fully saturated rings. The summed E-state index contributed by atoms with van der Waals surface area (Å²) in [7, 11) is 0. The molecular formula is C5H12N. The molecule has 0 unspecified atom stereocenters. The molecule has 0 heterocycles. The van der Waals surface area contributed by atoms with Crippen molar-refractivity contribution in [3.05, 3.63) is 6.42 Å². The molecule has 0 rings (SSSR count). The summed E-state index contributed by atoms with van der Waals surface area (Å²) in [4.78, 5) is 0. The minimum atomic E-state index is 0.588. The lowest BCUT2D eigenvalue weighted by atomic mass is 10.1. The normalized spacial score (nSPS) is 14.5. The maximum absolute atomic E-state index is 5.25. The van der Waals surface area contributed by atoms with Gasteiger partial charge < -0.3 is 5.73 Å². The van der Waals surface area contributed by atoms with Crippen LogP contribution in [-0.4, -0.2) is 6.54 Å². The minimum absolute atomic E-state index is 0.588. The Bertz CT molecular complexity index is 23.1. The lowest BCUT2D eigenvalue weighted by Gasteiger charge is -1.98. The first-order valence-corrected chi connectivity index (χ1v) is 2.30. The van der Waals surface area contributed by atoms with E-state index in [9.17, 15) is 0 Å². The summed E-state index contributed by atoms with van der Waals surface area (Å²) < 4.78 is 0. The highest BCUT2D eigenvalue weighted by molar-refractivity contribution is 4.65. The van der Waals surface area contributed by atoms with Crippen LogP contribution < -0.4 is 5.73 Å². The van der Waals surface area contributed by atoms with Gasteiger partial charge >= 0.3 is 0 Å². The SMILES string of the molecule is C[CH][C@@H](C)CN. The van der Waals surface area contributed by atoms with Crippen molar-refractivity contribution in [3.8, 4) is 0 Å². The van der Waals surface area contributed by atoms with E-state index in [0.717, 1.165) is 6.54 Å². The lowest BCUT2D eigenvalue weighted by Crippen LogP contribution is -2.09. The van der Waals surface area contributed by atoms with E-state index in [-0.39, 0.29) is 0 Å². The van der Waals surface area contributed by atoms with Crippen molar-refractivity contribution in [2.45, 2.75) is 13.8 Å². The molecule has 1 nitrogen and oxygen atoms in total. The monoisotopic (exact) mass is 86.1 g/mol. The molecule has 0 saturated heterocycles. The fourth-order valence-corrected chi connectivity index (χ4v) is 0.136. The molecule has 0 aromatic heterocycles. The van der Waals surface area contributed by atoms with E-state index in [1.54, 1.807) is 0 Å². The van der Waals surface area contributed by atoms with Crippen LogP contribution >= 0.6 is 0 Å². The van der Waals surface area contributed by atoms with Gasteiger partial charge in [-0.15, -0.1) is 0 Å². The predicted octanol–water partition coefficient (Wildman–Crippen LogP) is 0.805. The molecule has 0 aliphatic heterocycles. The van der Waals surface area contributed by atoms with Crippen LogP contribution in [0.25, 0.3) is 0 Å². The molecule has 0 amide bonds. The van der Waals surface area contributed by atoms with Crippen molar-refractivity contribution in [1.82, 2.24) is 0 Å². The third kappa shape index (κ3) is 2.21. The Morgan fingerprint density at radius 3 is 2.33 bits per heavy atom. The lowest BCUT2D eigenvalue weighted by molar-refractivity contribution is 0.687. The highest BCUT2D eigenvalue weighted by Crippen LogP contribution is 1.92. The summed E-state index contributed by atoms with van der Waals surface area (Å²) in [5, 5.41) is 0. The molecule has 0 aromatic carbocycles. The fourth-order valence-electron chi connectivity index (χ4n) is 0.136. The van der Waals surface area contributed by atoms with Gasteiger partial charge in [-0.3, -0.25) is 0 Å². The highest BCUT2D eigenvalue weighted by atomic mass is 14.5. The second kappa shape index (κ2) is 3.16. The minimum Gasteiger partial charge on any atom is -0.330 e. The zero-order valence-electron chi connectivity index (χ0n) is 4.44. The van der Waals surface area contributed by atoms with Crippen LogP contribution in [0, 0.1) is 12.3 Å². The second-order valence-corrected chi connectivity index (χ2v) is 1.55. The summed E-state index contributed by atoms with van der Waals surface area (Å²) >= 11 is 0. The fraction of sp³-hybridized carbons (Fsp3) is 0.800. The molecule has 0 aliphatic carbocycles. The van der Waals surface area contributed by atoms with Gasteiger partial charge in [-0.2, -0.15) is 0 Å². The van der Waals surface area contributed by atoms with Crippen molar-refractivity contribution >= 4 is 0 Å². The quantitative estimate of drug-likeness (QED) is 0.528. The van der Waals surface area contributed by atoms with Gasteiger partial charge in [0.15, 0.2) is 0 Å². The molecular weight excluding hydrogens is 74.1 g/mol. The second-order valence-electron chi connectivity index (χ2n) is 1.55. The van der Waals surface area contributed by atoms with E-state index >= 15 is 0 Å². The van der Waals surface area contributed by atoms with Crippen molar-refractivity contribution < 1.29 is 0 Å². The van der Waals surface area contributed by atoms with Crippen LogP contribution in [0.3, 0.4) is 0 Å². The average Bonchev–Trinajstić information content (AvgIpc) is 1.65. The summed E-state index contributed by atoms with van der Waals surface area (Å²) in [5.41, 5.74) is 5.25. The summed E-state index contributed by atoms with van der Waals surface area (Å²) in [5.74, 6) is 0.588. The van der Waals surface area contributed by atoms with Crippen LogP contribution in [0.15, 0.2) is 0 Å². The van der Waals surface area contributed by atoms with Gasteiger partial charge in [-0.05, 0) is 18.9 Å². The molecule has 1 atom stereocenters. The van der Waals surface area contributed by atoms with E-state index in [1.165, 1.54) is 0 Å². The summed E-state index contributed by atoms with van der Waals surface area (Å²) in [6, 6.07) is 0. The molecule has 0 aliphatic rings. The maximum atomic E-state index is 5.25. The Hall–Kier alpha value is -0.0400. The summed E-state index contributed by atoms with van der Waals surface area (Å²) in [6.45, 7) is 4.90. The van der Waals surface area contributed by atoms with Gasteiger partial charge in [0, 0.05) is 0 Å². The molecule has 1 heteroatoms. The Morgan fingerprint density at radius 2 is 2.33 bits per heavy atom. The molecule has 6 heavy (non-hydrogen) atoms. The molecule has 37 valence electrons. The van der Waals surface area contributed by atoms with Crippen LogP contribution in [0.5, 0.6) is 0 Å². The van der Waals surface area contributed by atoms with Gasteiger partial charge in [0.1, 0.15) is 0 Å². The number of hydrogen-bond donors (Lipinski definition) is 1. The molecule has 2 N–H and O–H groups in total. The van der Waals surface area contributed by atoms with Crippen molar-refractivity contribution in [1.29, 1.82) is 0 Å². The van der Waals surface area contributed by atoms with Crippen LogP contribution in [-0.2, 0) is 0 Å². The molecule has 0 saturated carbocycles. The van der Waals surface area contributed by atoms with Crippen molar-refractivity contribution in [3.63, 3.8) is 0 Å². The topological polar surface area (TPSA) is 26.0 Å². The largest absolute Gasteiger partial charge is 0.330 e. The molecule has 1 radical (unpaired) electrons. The van der Waals surface area contributed by atoms with E-state index in [2.05, 4.69) is 13.3 Å². The first-order chi connectivity index (χ1) is 2.81. The van der Waals surface area contributed by atoms with Crippen molar-refractivity contribution in [2.75, 3.05) is 6.54 Å². The Kier molecular flexibility index (Phi) is 3.14. The average molecular weight is 86.2 g/mol. The van der Waals surface area contributed by atoms with Gasteiger partial charge in [-0.25, -0.2) is 0 Å². The zero-order chi connectivity index (χ0) is 4.99. The Balaban J connectivity index is 2.75. The third-order valence-electron chi connectivity index (χ3n) is 0.941. The molecule has 0 spiro atoms. The Labute approximate surface area is 39.5 Å². The van der Waals surface area contributed by atoms with E-state index < -0.39 is 0 Å². The van der Waals surface area contributed by atoms with Gasteiger partial charge in [0.25, 0.3) is 0 Å². The maximum Gasteiger partial charge on any atom is -0.00489 e. The van der Waals surface area contributed by atoms with Gasteiger partial charge in [0.05, 0.1) is 0 Å². The Morgan fingerprint density at radius 1 is 1.83 bits per heavy atom. The smallest absolute Gasteiger partial charge is 0.00489 e. The zero-order valence-corrected chi connectivity index (χ0v) is 4.44. The molecule has 0 aromatic rings. The van der Waals surface area contributed by atoms with Gasteiger partial charge in [-0.1, -0.05) is 13.8 Å². The van der Waals surface area contributed by atoms with E-state index in [4.69, 9.17) is 5.73 Å². The first kappa shape index (κ1) is 5.96. The highest BCUT2D eigenvalue weighted by Gasteiger charge is 1.89. The van der Waals surface area contributed by atoms with Crippen LogP contribution in [0.2, 0.25) is 0 Å². The van der Waals surface area contributed by atoms with E-state index in [0.29, 0.717) is 5.92 Å². The van der Waals surface area contributed by atoms with Crippen LogP contribution in [0.1, 0.15) is 13.8 Å². The number of nitrogens with two attached hydrogens (primary N) is 1. The molecule has 0 bridgehead atoms. The van der Waals surface area contributed by atoms with Crippen molar-refractivity contribution in [2.24, 2.45) is 11.7 Å². The summed E-state index contributed by atoms with van der Waals surface area (Å²) in [6.07, 6.45) is 2.10. The first-order valence-electron chi connectivity index (χ1n) is 2.30. The predicted molar refractivity (Wildman–Crippen MR) is 28.2 cm³/mol. The van der Waals surface area contributed by atoms with E-state index in [1.807, 2.05) is 6.92 Å². The number of rotatable bonds is 2. The van der Waals surface area contributed by atoms with Crippen LogP contribution in [0.4, 0.5) is 0 Å².